The maximum atomic E-state index is 11.8. The molecule has 0 N–H and O–H groups in total. The van der Waals surface area contributed by atoms with E-state index in [2.05, 4.69) is 20.2 Å². The van der Waals surface area contributed by atoms with Crippen LogP contribution < -0.4 is 0 Å². The van der Waals surface area contributed by atoms with E-state index in [1.54, 1.807) is 31.2 Å². The van der Waals surface area contributed by atoms with Crippen LogP contribution in [-0.2, 0) is 11.3 Å². The van der Waals surface area contributed by atoms with Crippen molar-refractivity contribution in [1.29, 1.82) is 0 Å². The third-order valence-corrected chi connectivity index (χ3v) is 3.13. The molecular weight excluding hydrogens is 320 g/mol. The molecule has 3 aromatic rings. The van der Waals surface area contributed by atoms with Crippen LogP contribution in [0.5, 0.6) is 0 Å². The van der Waals surface area contributed by atoms with Crippen LogP contribution in [0.15, 0.2) is 41.1 Å². The van der Waals surface area contributed by atoms with Gasteiger partial charge in [-0.1, -0.05) is 11.6 Å². The summed E-state index contributed by atoms with van der Waals surface area (Å²) < 4.78 is 10.5. The highest BCUT2D eigenvalue weighted by atomic mass is 35.5. The SMILES string of the molecule is Cc1cnc(C(=O)OCc2nnc(-c3ccc(Cl)cc3)o2)cn1. The van der Waals surface area contributed by atoms with Crippen molar-refractivity contribution in [1.82, 2.24) is 20.2 Å². The average Bonchev–Trinajstić information content (AvgIpc) is 3.03. The molecule has 0 aliphatic heterocycles. The summed E-state index contributed by atoms with van der Waals surface area (Å²) >= 11 is 5.82. The molecule has 0 atom stereocenters. The molecule has 8 heteroatoms. The Hall–Kier alpha value is -2.80. The summed E-state index contributed by atoms with van der Waals surface area (Å²) in [7, 11) is 0. The molecule has 0 spiro atoms. The maximum absolute atomic E-state index is 11.8. The molecule has 1 aromatic carbocycles. The fourth-order valence-corrected chi connectivity index (χ4v) is 1.85. The van der Waals surface area contributed by atoms with Crippen molar-refractivity contribution in [3.8, 4) is 11.5 Å². The summed E-state index contributed by atoms with van der Waals surface area (Å²) in [5.74, 6) is -0.102. The number of esters is 1. The Labute approximate surface area is 136 Å². The van der Waals surface area contributed by atoms with Gasteiger partial charge in [0.1, 0.15) is 0 Å². The van der Waals surface area contributed by atoms with Gasteiger partial charge in [0, 0.05) is 16.8 Å². The normalized spacial score (nSPS) is 10.5. The smallest absolute Gasteiger partial charge is 0.359 e. The molecule has 0 saturated carbocycles. The fraction of sp³-hybridized carbons (Fsp3) is 0.133. The number of hydrogen-bond acceptors (Lipinski definition) is 7. The highest BCUT2D eigenvalue weighted by molar-refractivity contribution is 6.30. The van der Waals surface area contributed by atoms with Crippen LogP contribution in [0.4, 0.5) is 0 Å². The molecule has 0 bridgehead atoms. The Morgan fingerprint density at radius 1 is 1.17 bits per heavy atom. The predicted octanol–water partition coefficient (Wildman–Crippen LogP) is 2.85. The molecule has 0 radical (unpaired) electrons. The van der Waals surface area contributed by atoms with Crippen molar-refractivity contribution < 1.29 is 13.9 Å². The van der Waals surface area contributed by atoms with E-state index in [0.717, 1.165) is 5.56 Å². The van der Waals surface area contributed by atoms with Gasteiger partial charge in [0.2, 0.25) is 5.89 Å². The molecule has 23 heavy (non-hydrogen) atoms. The molecule has 0 unspecified atom stereocenters. The molecule has 0 saturated heterocycles. The molecule has 116 valence electrons. The Bertz CT molecular complexity index is 815. The minimum atomic E-state index is -0.608. The number of aryl methyl sites for hydroxylation is 1. The predicted molar refractivity (Wildman–Crippen MR) is 80.6 cm³/mol. The van der Waals surface area contributed by atoms with Gasteiger partial charge in [0.05, 0.1) is 11.9 Å². The van der Waals surface area contributed by atoms with E-state index in [1.165, 1.54) is 12.4 Å². The highest BCUT2D eigenvalue weighted by Crippen LogP contribution is 2.20. The number of nitrogens with zero attached hydrogens (tertiary/aromatic N) is 4. The Morgan fingerprint density at radius 2 is 1.96 bits per heavy atom. The van der Waals surface area contributed by atoms with Gasteiger partial charge < -0.3 is 9.15 Å². The van der Waals surface area contributed by atoms with E-state index in [-0.39, 0.29) is 18.2 Å². The molecule has 0 fully saturated rings. The zero-order valence-corrected chi connectivity index (χ0v) is 12.8. The monoisotopic (exact) mass is 330 g/mol. The quantitative estimate of drug-likeness (QED) is 0.679. The second kappa shape index (κ2) is 6.53. The lowest BCUT2D eigenvalue weighted by Gasteiger charge is -2.01. The van der Waals surface area contributed by atoms with Crippen molar-refractivity contribution >= 4 is 17.6 Å². The first-order valence-electron chi connectivity index (χ1n) is 6.66. The van der Waals surface area contributed by atoms with Gasteiger partial charge in [-0.2, -0.15) is 0 Å². The van der Waals surface area contributed by atoms with Crippen LogP contribution in [0.2, 0.25) is 5.02 Å². The summed E-state index contributed by atoms with van der Waals surface area (Å²) in [4.78, 5) is 19.7. The summed E-state index contributed by atoms with van der Waals surface area (Å²) in [6, 6.07) is 6.95. The molecule has 7 nitrogen and oxygen atoms in total. The molecule has 2 aromatic heterocycles. The number of carbonyl (C=O) groups excluding carboxylic acids is 1. The summed E-state index contributed by atoms with van der Waals surface area (Å²) in [6.45, 7) is 1.63. The van der Waals surface area contributed by atoms with Gasteiger partial charge >= 0.3 is 5.97 Å². The van der Waals surface area contributed by atoms with Gasteiger partial charge in [-0.25, -0.2) is 9.78 Å². The first-order chi connectivity index (χ1) is 11.1. The lowest BCUT2D eigenvalue weighted by Crippen LogP contribution is -2.08. The van der Waals surface area contributed by atoms with Crippen molar-refractivity contribution in [3.05, 3.63) is 59.0 Å². The third-order valence-electron chi connectivity index (χ3n) is 2.87. The lowest BCUT2D eigenvalue weighted by molar-refractivity contribution is 0.0431. The summed E-state index contributed by atoms with van der Waals surface area (Å²) in [5, 5.41) is 8.34. The maximum Gasteiger partial charge on any atom is 0.359 e. The summed E-state index contributed by atoms with van der Waals surface area (Å²) in [6.07, 6.45) is 2.84. The number of carbonyl (C=O) groups is 1. The van der Waals surface area contributed by atoms with Gasteiger partial charge in [0.15, 0.2) is 12.3 Å². The zero-order valence-electron chi connectivity index (χ0n) is 12.1. The molecule has 2 heterocycles. The molecule has 0 amide bonds. The van der Waals surface area contributed by atoms with Crippen LogP contribution in [-0.4, -0.2) is 26.1 Å². The molecule has 0 aliphatic rings. The van der Waals surface area contributed by atoms with Crippen LogP contribution in [0.25, 0.3) is 11.5 Å². The van der Waals surface area contributed by atoms with E-state index in [9.17, 15) is 4.79 Å². The lowest BCUT2D eigenvalue weighted by atomic mass is 10.2. The third kappa shape index (κ3) is 3.70. The number of ether oxygens (including phenoxy) is 1. The van der Waals surface area contributed by atoms with Gasteiger partial charge in [-0.3, -0.25) is 4.98 Å². The summed E-state index contributed by atoms with van der Waals surface area (Å²) in [5.41, 5.74) is 1.56. The van der Waals surface area contributed by atoms with Crippen LogP contribution >= 0.6 is 11.6 Å². The van der Waals surface area contributed by atoms with Crippen LogP contribution in [0.3, 0.4) is 0 Å². The van der Waals surface area contributed by atoms with E-state index in [1.807, 2.05) is 0 Å². The Balaban J connectivity index is 1.64. The van der Waals surface area contributed by atoms with Gasteiger partial charge in [-0.15, -0.1) is 10.2 Å². The molecule has 3 rings (SSSR count). The Kier molecular flexibility index (Phi) is 4.29. The Morgan fingerprint density at radius 3 is 2.65 bits per heavy atom. The second-order valence-electron chi connectivity index (χ2n) is 4.63. The van der Waals surface area contributed by atoms with Crippen LogP contribution in [0, 0.1) is 6.92 Å². The number of benzene rings is 1. The minimum Gasteiger partial charge on any atom is -0.451 e. The minimum absolute atomic E-state index is 0.119. The van der Waals surface area contributed by atoms with E-state index < -0.39 is 5.97 Å². The van der Waals surface area contributed by atoms with Crippen molar-refractivity contribution in [2.45, 2.75) is 13.5 Å². The van der Waals surface area contributed by atoms with Crippen molar-refractivity contribution in [2.24, 2.45) is 0 Å². The number of rotatable bonds is 4. The number of halogens is 1. The second-order valence-corrected chi connectivity index (χ2v) is 5.06. The van der Waals surface area contributed by atoms with E-state index in [4.69, 9.17) is 20.8 Å². The fourth-order valence-electron chi connectivity index (χ4n) is 1.72. The van der Waals surface area contributed by atoms with Crippen LogP contribution in [0.1, 0.15) is 22.1 Å². The van der Waals surface area contributed by atoms with Gasteiger partial charge in [0.25, 0.3) is 5.89 Å². The topological polar surface area (TPSA) is 91.0 Å². The van der Waals surface area contributed by atoms with E-state index in [0.29, 0.717) is 16.6 Å². The first-order valence-corrected chi connectivity index (χ1v) is 7.04. The van der Waals surface area contributed by atoms with E-state index >= 15 is 0 Å². The highest BCUT2D eigenvalue weighted by Gasteiger charge is 2.13. The largest absolute Gasteiger partial charge is 0.451 e. The standard InChI is InChI=1S/C15H11ClN4O3/c1-9-6-18-12(7-17-9)15(21)22-8-13-19-20-14(23-13)10-2-4-11(16)5-3-10/h2-7H,8H2,1H3. The molecular formula is C15H11ClN4O3. The van der Waals surface area contributed by atoms with Crippen molar-refractivity contribution in [3.63, 3.8) is 0 Å². The number of hydrogen-bond donors (Lipinski definition) is 0. The van der Waals surface area contributed by atoms with Crippen molar-refractivity contribution in [2.75, 3.05) is 0 Å². The average molecular weight is 331 g/mol. The first kappa shape index (κ1) is 15.1. The van der Waals surface area contributed by atoms with Gasteiger partial charge in [-0.05, 0) is 31.2 Å². The number of aromatic nitrogens is 4. The zero-order chi connectivity index (χ0) is 16.2. The molecule has 0 aliphatic carbocycles.